The molecule has 4 N–H and O–H groups in total. The van der Waals surface area contributed by atoms with Gasteiger partial charge >= 0.3 is 5.97 Å². The molecule has 0 bridgehead atoms. The molecule has 2 aliphatic heterocycles. The largest absolute Gasteiger partial charge is 0.477 e. The number of carbonyl (C=O) groups excluding carboxylic acids is 2. The Bertz CT molecular complexity index is 1190. The molecule has 1 fully saturated rings. The van der Waals surface area contributed by atoms with Gasteiger partial charge in [-0.3, -0.25) is 14.5 Å². The topological polar surface area (TPSA) is 164 Å². The second kappa shape index (κ2) is 9.15. The maximum absolute atomic E-state index is 12.9. The maximum Gasteiger partial charge on any atom is 0.352 e. The van der Waals surface area contributed by atoms with Gasteiger partial charge in [-0.1, -0.05) is 5.16 Å². The molecule has 4 heterocycles. The zero-order valence-corrected chi connectivity index (χ0v) is 19.2. The molecular weight excluding hydrogens is 470 g/mol. The Morgan fingerprint density at radius 1 is 1.48 bits per heavy atom. The van der Waals surface area contributed by atoms with Gasteiger partial charge in [0.1, 0.15) is 35.6 Å². The van der Waals surface area contributed by atoms with Gasteiger partial charge in [0.2, 0.25) is 0 Å². The van der Waals surface area contributed by atoms with Crippen LogP contribution in [0, 0.1) is 6.92 Å². The quantitative estimate of drug-likeness (QED) is 0.201. The second-order valence-corrected chi connectivity index (χ2v) is 9.18. The maximum atomic E-state index is 12.9. The molecule has 14 heteroatoms. The van der Waals surface area contributed by atoms with Crippen molar-refractivity contribution in [1.82, 2.24) is 20.2 Å². The van der Waals surface area contributed by atoms with Crippen molar-refractivity contribution in [2.24, 2.45) is 5.16 Å². The fourth-order valence-electron chi connectivity index (χ4n) is 3.58. The van der Waals surface area contributed by atoms with Crippen molar-refractivity contribution >= 4 is 51.7 Å². The SMILES string of the molecule is CON=C(C(=O)NC1C(=O)N2C(C(=O)O)=C(C[n+]3ccnc(C)c3)CS[C@@H]12)c1csc(N)n1. The molecule has 2 aliphatic rings. The predicted octanol–water partition coefficient (Wildman–Crippen LogP) is -0.494. The summed E-state index contributed by atoms with van der Waals surface area (Å²) < 4.78 is 1.82. The van der Waals surface area contributed by atoms with Gasteiger partial charge in [-0.15, -0.1) is 23.1 Å². The third-order valence-corrected chi connectivity index (χ3v) is 6.97. The number of aryl methyl sites for hydroxylation is 1. The first-order chi connectivity index (χ1) is 15.8. The minimum Gasteiger partial charge on any atom is -0.477 e. The Hall–Kier alpha value is -3.52. The number of β-lactam (4-membered cyclic amide) rings is 1. The number of hydrogen-bond donors (Lipinski definition) is 3. The average molecular weight is 491 g/mol. The van der Waals surface area contributed by atoms with Crippen molar-refractivity contribution < 1.29 is 28.9 Å². The zero-order valence-electron chi connectivity index (χ0n) is 17.6. The Morgan fingerprint density at radius 3 is 2.91 bits per heavy atom. The fraction of sp³-hybridized carbons (Fsp3) is 0.316. The summed E-state index contributed by atoms with van der Waals surface area (Å²) in [5, 5.41) is 17.4. The number of nitrogens with one attached hydrogen (secondary N) is 1. The number of oxime groups is 1. The summed E-state index contributed by atoms with van der Waals surface area (Å²) in [5.41, 5.74) is 7.04. The number of aromatic nitrogens is 3. The molecular formula is C19H20N7O5S2+. The van der Waals surface area contributed by atoms with Crippen LogP contribution < -0.4 is 15.6 Å². The molecule has 2 atom stereocenters. The first-order valence-corrected chi connectivity index (χ1v) is 11.6. The van der Waals surface area contributed by atoms with Crippen LogP contribution in [0.4, 0.5) is 5.13 Å². The van der Waals surface area contributed by atoms with Crippen molar-refractivity contribution in [2.45, 2.75) is 24.9 Å². The van der Waals surface area contributed by atoms with E-state index in [2.05, 4.69) is 20.4 Å². The van der Waals surface area contributed by atoms with Gasteiger partial charge in [0.15, 0.2) is 29.8 Å². The van der Waals surface area contributed by atoms with Crippen molar-refractivity contribution in [1.29, 1.82) is 0 Å². The first kappa shape index (κ1) is 22.7. The molecule has 0 spiro atoms. The Kier molecular flexibility index (Phi) is 6.29. The van der Waals surface area contributed by atoms with Crippen molar-refractivity contribution in [3.63, 3.8) is 0 Å². The van der Waals surface area contributed by atoms with E-state index in [9.17, 15) is 19.5 Å². The molecule has 1 saturated heterocycles. The van der Waals surface area contributed by atoms with E-state index in [1.54, 1.807) is 24.0 Å². The number of nitrogen functional groups attached to an aromatic ring is 1. The highest BCUT2D eigenvalue weighted by molar-refractivity contribution is 8.00. The molecule has 0 aliphatic carbocycles. The van der Waals surface area contributed by atoms with Crippen molar-refractivity contribution in [3.8, 4) is 0 Å². The lowest BCUT2D eigenvalue weighted by atomic mass is 10.0. The van der Waals surface area contributed by atoms with E-state index in [0.717, 1.165) is 17.0 Å². The summed E-state index contributed by atoms with van der Waals surface area (Å²) in [6.07, 6.45) is 5.16. The minimum absolute atomic E-state index is 0.0609. The first-order valence-electron chi connectivity index (χ1n) is 9.65. The molecule has 1 unspecified atom stereocenters. The number of nitrogens with zero attached hydrogens (tertiary/aromatic N) is 5. The summed E-state index contributed by atoms with van der Waals surface area (Å²) in [5.74, 6) is -1.99. The highest BCUT2D eigenvalue weighted by Gasteiger charge is 2.54. The third-order valence-electron chi connectivity index (χ3n) is 4.96. The number of anilines is 1. The van der Waals surface area contributed by atoms with Crippen LogP contribution in [0.1, 0.15) is 11.4 Å². The molecule has 0 saturated carbocycles. The van der Waals surface area contributed by atoms with E-state index >= 15 is 0 Å². The van der Waals surface area contributed by atoms with E-state index in [1.165, 1.54) is 23.8 Å². The van der Waals surface area contributed by atoms with Gasteiger partial charge in [0.05, 0.1) is 6.20 Å². The molecule has 12 nitrogen and oxygen atoms in total. The zero-order chi connectivity index (χ0) is 23.7. The average Bonchev–Trinajstić information content (AvgIpc) is 3.21. The van der Waals surface area contributed by atoms with E-state index in [1.807, 2.05) is 11.5 Å². The second-order valence-electron chi connectivity index (χ2n) is 7.18. The third kappa shape index (κ3) is 4.39. The van der Waals surface area contributed by atoms with E-state index in [4.69, 9.17) is 10.6 Å². The van der Waals surface area contributed by atoms with E-state index in [-0.39, 0.29) is 22.2 Å². The minimum atomic E-state index is -1.20. The molecule has 33 heavy (non-hydrogen) atoms. The lowest BCUT2D eigenvalue weighted by molar-refractivity contribution is -0.689. The van der Waals surface area contributed by atoms with E-state index in [0.29, 0.717) is 17.9 Å². The lowest BCUT2D eigenvalue weighted by Crippen LogP contribution is -2.71. The Labute approximate surface area is 196 Å². The van der Waals surface area contributed by atoms with Crippen LogP contribution in [-0.2, 0) is 25.8 Å². The monoisotopic (exact) mass is 490 g/mol. The summed E-state index contributed by atoms with van der Waals surface area (Å²) in [7, 11) is 1.28. The van der Waals surface area contributed by atoms with Gasteiger partial charge in [0.25, 0.3) is 11.8 Å². The number of carbonyl (C=O) groups is 3. The van der Waals surface area contributed by atoms with E-state index < -0.39 is 29.2 Å². The predicted molar refractivity (Wildman–Crippen MR) is 119 cm³/mol. The normalized spacial score (nSPS) is 20.2. The van der Waals surface area contributed by atoms with Crippen LogP contribution in [0.15, 0.2) is 40.4 Å². The van der Waals surface area contributed by atoms with Gasteiger partial charge in [-0.05, 0) is 6.92 Å². The summed E-state index contributed by atoms with van der Waals surface area (Å²) >= 11 is 2.51. The van der Waals surface area contributed by atoms with Crippen LogP contribution in [-0.4, -0.2) is 67.7 Å². The van der Waals surface area contributed by atoms with Crippen LogP contribution in [0.2, 0.25) is 0 Å². The summed E-state index contributed by atoms with van der Waals surface area (Å²) in [6.45, 7) is 2.14. The van der Waals surface area contributed by atoms with Crippen LogP contribution in [0.3, 0.4) is 0 Å². The Balaban J connectivity index is 1.54. The number of carboxylic acids is 1. The van der Waals surface area contributed by atoms with Gasteiger partial charge in [0, 0.05) is 16.7 Å². The molecule has 2 aromatic rings. The molecule has 2 amide bonds. The number of nitrogens with two attached hydrogens (primary N) is 1. The fourth-order valence-corrected chi connectivity index (χ4v) is 5.46. The number of hydrogen-bond acceptors (Lipinski definition) is 10. The van der Waals surface area contributed by atoms with Crippen LogP contribution in [0.25, 0.3) is 0 Å². The van der Waals surface area contributed by atoms with Crippen molar-refractivity contribution in [3.05, 3.63) is 46.6 Å². The van der Waals surface area contributed by atoms with Gasteiger partial charge < -0.3 is 21.0 Å². The summed E-state index contributed by atoms with van der Waals surface area (Å²) in [6, 6.07) is -0.910. The van der Waals surface area contributed by atoms with Gasteiger partial charge in [-0.2, -0.15) is 4.57 Å². The number of amides is 2. The highest BCUT2D eigenvalue weighted by atomic mass is 32.2. The molecule has 172 valence electrons. The standard InChI is InChI=1S/C19H19N7O5S2/c1-9-5-25(4-3-21-9)6-10-7-32-17-13(16(28)26(17)14(10)18(29)30)23-15(27)12(24-31-2)11-8-33-19(20)22-11/h3-5,8,13,17H,6-7H2,1-2H3,(H3-,20,22,23,27,29,30)/p+1/t13?,17-/m0/s1. The number of thioether (sulfide) groups is 1. The number of aliphatic carboxylic acids is 1. The number of fused-ring (bicyclic) bond motifs is 1. The molecule has 0 radical (unpaired) electrons. The Morgan fingerprint density at radius 2 is 2.27 bits per heavy atom. The van der Waals surface area contributed by atoms with Crippen LogP contribution in [0.5, 0.6) is 0 Å². The molecule has 2 aromatic heterocycles. The lowest BCUT2D eigenvalue weighted by Gasteiger charge is -2.49. The van der Waals surface area contributed by atoms with Crippen molar-refractivity contribution in [2.75, 3.05) is 18.6 Å². The number of carboxylic acid groups (broad SMARTS) is 1. The van der Waals surface area contributed by atoms with Gasteiger partial charge in [-0.25, -0.2) is 14.8 Å². The number of thiazole rings is 1. The number of rotatable bonds is 7. The van der Waals surface area contributed by atoms with Crippen LogP contribution >= 0.6 is 23.1 Å². The smallest absolute Gasteiger partial charge is 0.352 e. The highest BCUT2D eigenvalue weighted by Crippen LogP contribution is 2.40. The molecule has 0 aromatic carbocycles. The molecule has 4 rings (SSSR count). The summed E-state index contributed by atoms with van der Waals surface area (Å²) in [4.78, 5) is 51.9.